The molecule has 1 rings (SSSR count). The van der Waals surface area contributed by atoms with Crippen molar-refractivity contribution in [1.29, 1.82) is 0 Å². The first kappa shape index (κ1) is 16.1. The molecule has 7 heteroatoms. The normalized spacial score (nSPS) is 12.4. The summed E-state index contributed by atoms with van der Waals surface area (Å²) in [7, 11) is -3.69. The van der Waals surface area contributed by atoms with Gasteiger partial charge >= 0.3 is 5.97 Å². The minimum atomic E-state index is -3.69. The standard InChI is InChI=1S/C12H16BrNO4S/c1-4-12(2,3)14-19(17,18)10-6-5-8(11(15)16)7-9(10)13/h5-7,14H,4H2,1-3H3,(H,15,16). The van der Waals surface area contributed by atoms with Gasteiger partial charge in [-0.15, -0.1) is 0 Å². The number of hydrogen-bond acceptors (Lipinski definition) is 3. The summed E-state index contributed by atoms with van der Waals surface area (Å²) in [6.07, 6.45) is 0.636. The summed E-state index contributed by atoms with van der Waals surface area (Å²) in [5.74, 6) is -1.11. The molecule has 5 nitrogen and oxygen atoms in total. The van der Waals surface area contributed by atoms with Crippen LogP contribution in [0.3, 0.4) is 0 Å². The molecule has 19 heavy (non-hydrogen) atoms. The summed E-state index contributed by atoms with van der Waals surface area (Å²) in [4.78, 5) is 10.8. The van der Waals surface area contributed by atoms with Crippen LogP contribution in [-0.4, -0.2) is 25.0 Å². The van der Waals surface area contributed by atoms with Crippen molar-refractivity contribution in [2.75, 3.05) is 0 Å². The Morgan fingerprint density at radius 1 is 1.42 bits per heavy atom. The van der Waals surface area contributed by atoms with E-state index >= 15 is 0 Å². The highest BCUT2D eigenvalue weighted by Gasteiger charge is 2.26. The van der Waals surface area contributed by atoms with E-state index in [0.717, 1.165) is 0 Å². The Morgan fingerprint density at radius 2 is 2.00 bits per heavy atom. The van der Waals surface area contributed by atoms with Crippen LogP contribution in [-0.2, 0) is 10.0 Å². The first-order valence-electron chi connectivity index (χ1n) is 5.66. The maximum Gasteiger partial charge on any atom is 0.335 e. The van der Waals surface area contributed by atoms with E-state index in [-0.39, 0.29) is 14.9 Å². The highest BCUT2D eigenvalue weighted by atomic mass is 79.9. The number of nitrogens with one attached hydrogen (secondary N) is 1. The van der Waals surface area contributed by atoms with Crippen molar-refractivity contribution in [2.24, 2.45) is 0 Å². The molecular weight excluding hydrogens is 334 g/mol. The molecule has 0 unspecified atom stereocenters. The monoisotopic (exact) mass is 349 g/mol. The number of benzene rings is 1. The van der Waals surface area contributed by atoms with Gasteiger partial charge in [-0.1, -0.05) is 6.92 Å². The van der Waals surface area contributed by atoms with E-state index in [1.165, 1.54) is 18.2 Å². The fourth-order valence-corrected chi connectivity index (χ4v) is 3.91. The number of hydrogen-bond donors (Lipinski definition) is 2. The van der Waals surface area contributed by atoms with E-state index in [1.54, 1.807) is 13.8 Å². The molecule has 0 aliphatic heterocycles. The number of sulfonamides is 1. The van der Waals surface area contributed by atoms with Crippen molar-refractivity contribution >= 4 is 31.9 Å². The van der Waals surface area contributed by atoms with Gasteiger partial charge in [-0.2, -0.15) is 0 Å². The summed E-state index contributed by atoms with van der Waals surface area (Å²) in [6.45, 7) is 5.44. The van der Waals surface area contributed by atoms with E-state index in [9.17, 15) is 13.2 Å². The largest absolute Gasteiger partial charge is 0.478 e. The van der Waals surface area contributed by atoms with Crippen LogP contribution in [0.15, 0.2) is 27.6 Å². The Balaban J connectivity index is 3.20. The van der Waals surface area contributed by atoms with Gasteiger partial charge in [0.1, 0.15) is 0 Å². The maximum atomic E-state index is 12.2. The Kier molecular flexibility index (Phi) is 4.76. The average molecular weight is 350 g/mol. The molecule has 0 heterocycles. The van der Waals surface area contributed by atoms with E-state index in [4.69, 9.17) is 5.11 Å². The minimum Gasteiger partial charge on any atom is -0.478 e. The highest BCUT2D eigenvalue weighted by molar-refractivity contribution is 9.10. The summed E-state index contributed by atoms with van der Waals surface area (Å²) in [6, 6.07) is 3.82. The van der Waals surface area contributed by atoms with Crippen LogP contribution >= 0.6 is 15.9 Å². The summed E-state index contributed by atoms with van der Waals surface area (Å²) < 4.78 is 27.3. The Morgan fingerprint density at radius 3 is 2.42 bits per heavy atom. The second-order valence-corrected chi connectivity index (χ2v) is 7.30. The van der Waals surface area contributed by atoms with Crippen LogP contribution in [0.5, 0.6) is 0 Å². The van der Waals surface area contributed by atoms with Gasteiger partial charge in [-0.25, -0.2) is 17.9 Å². The van der Waals surface area contributed by atoms with Crippen LogP contribution < -0.4 is 4.72 Å². The number of carbonyl (C=O) groups is 1. The fraction of sp³-hybridized carbons (Fsp3) is 0.417. The molecule has 0 amide bonds. The molecular formula is C12H16BrNO4S. The molecule has 0 atom stereocenters. The van der Waals surface area contributed by atoms with Crippen molar-refractivity contribution < 1.29 is 18.3 Å². The predicted molar refractivity (Wildman–Crippen MR) is 75.8 cm³/mol. The zero-order valence-electron chi connectivity index (χ0n) is 10.9. The SMILES string of the molecule is CCC(C)(C)NS(=O)(=O)c1ccc(C(=O)O)cc1Br. The third kappa shape index (κ3) is 4.02. The second-order valence-electron chi connectivity index (χ2n) is 4.79. The average Bonchev–Trinajstić information content (AvgIpc) is 2.27. The lowest BCUT2D eigenvalue weighted by atomic mass is 10.0. The number of aromatic carboxylic acids is 1. The lowest BCUT2D eigenvalue weighted by Crippen LogP contribution is -2.42. The number of carboxylic acids is 1. The van der Waals surface area contributed by atoms with Gasteiger partial charge in [0, 0.05) is 10.0 Å². The van der Waals surface area contributed by atoms with Gasteiger partial charge in [-0.3, -0.25) is 0 Å². The Labute approximate surface area is 121 Å². The Hall–Kier alpha value is -0.920. The van der Waals surface area contributed by atoms with Crippen molar-refractivity contribution in [3.05, 3.63) is 28.2 Å². The van der Waals surface area contributed by atoms with Crippen LogP contribution in [0.4, 0.5) is 0 Å². The topological polar surface area (TPSA) is 83.5 Å². The molecule has 0 aromatic heterocycles. The molecule has 2 N–H and O–H groups in total. The molecule has 0 fully saturated rings. The lowest BCUT2D eigenvalue weighted by molar-refractivity contribution is 0.0696. The van der Waals surface area contributed by atoms with E-state index in [0.29, 0.717) is 6.42 Å². The van der Waals surface area contributed by atoms with Gasteiger partial charge in [-0.05, 0) is 54.4 Å². The van der Waals surface area contributed by atoms with Gasteiger partial charge in [0.05, 0.1) is 10.5 Å². The van der Waals surface area contributed by atoms with Crippen LogP contribution in [0.25, 0.3) is 0 Å². The van der Waals surface area contributed by atoms with Crippen LogP contribution in [0, 0.1) is 0 Å². The van der Waals surface area contributed by atoms with Crippen molar-refractivity contribution in [3.63, 3.8) is 0 Å². The number of rotatable bonds is 5. The first-order chi connectivity index (χ1) is 8.59. The second kappa shape index (κ2) is 5.60. The molecule has 106 valence electrons. The fourth-order valence-electron chi connectivity index (χ4n) is 1.34. The number of carboxylic acid groups (broad SMARTS) is 1. The van der Waals surface area contributed by atoms with E-state index in [1.807, 2.05) is 6.92 Å². The van der Waals surface area contributed by atoms with Crippen molar-refractivity contribution in [1.82, 2.24) is 4.72 Å². The summed E-state index contributed by atoms with van der Waals surface area (Å²) in [5, 5.41) is 8.84. The van der Waals surface area contributed by atoms with Gasteiger partial charge in [0.15, 0.2) is 0 Å². The molecule has 0 spiro atoms. The molecule has 1 aromatic carbocycles. The molecule has 0 radical (unpaired) electrons. The first-order valence-corrected chi connectivity index (χ1v) is 7.93. The molecule has 0 saturated carbocycles. The lowest BCUT2D eigenvalue weighted by Gasteiger charge is -2.24. The third-order valence-corrected chi connectivity index (χ3v) is 5.44. The molecule has 0 aliphatic rings. The highest BCUT2D eigenvalue weighted by Crippen LogP contribution is 2.25. The van der Waals surface area contributed by atoms with Gasteiger partial charge < -0.3 is 5.11 Å². The van der Waals surface area contributed by atoms with E-state index < -0.39 is 21.5 Å². The van der Waals surface area contributed by atoms with Crippen molar-refractivity contribution in [2.45, 2.75) is 37.6 Å². The molecule has 0 saturated heterocycles. The molecule has 1 aromatic rings. The maximum absolute atomic E-state index is 12.2. The smallest absolute Gasteiger partial charge is 0.335 e. The van der Waals surface area contributed by atoms with Crippen LogP contribution in [0.1, 0.15) is 37.6 Å². The zero-order chi connectivity index (χ0) is 14.8. The number of halogens is 1. The van der Waals surface area contributed by atoms with Crippen LogP contribution in [0.2, 0.25) is 0 Å². The summed E-state index contributed by atoms with van der Waals surface area (Å²) >= 11 is 3.10. The zero-order valence-corrected chi connectivity index (χ0v) is 13.3. The predicted octanol–water partition coefficient (Wildman–Crippen LogP) is 2.61. The van der Waals surface area contributed by atoms with Crippen molar-refractivity contribution in [3.8, 4) is 0 Å². The molecule has 0 bridgehead atoms. The van der Waals surface area contributed by atoms with Gasteiger partial charge in [0.25, 0.3) is 0 Å². The van der Waals surface area contributed by atoms with E-state index in [2.05, 4.69) is 20.7 Å². The Bertz CT molecular complexity index is 596. The quantitative estimate of drug-likeness (QED) is 0.855. The minimum absolute atomic E-state index is 0.0269. The third-order valence-electron chi connectivity index (χ3n) is 2.76. The van der Waals surface area contributed by atoms with Gasteiger partial charge in [0.2, 0.25) is 10.0 Å². The summed E-state index contributed by atoms with van der Waals surface area (Å²) in [5.41, 5.74) is -0.537. The molecule has 0 aliphatic carbocycles.